The van der Waals surface area contributed by atoms with E-state index in [4.69, 9.17) is 10.5 Å². The highest BCUT2D eigenvalue weighted by Crippen LogP contribution is 2.30. The second kappa shape index (κ2) is 4.72. The lowest BCUT2D eigenvalue weighted by Gasteiger charge is -2.12. The SMILES string of the molecule is CCOc1cc(C)c(-c2cc(N)nn2C)cc1C. The molecule has 0 atom stereocenters. The van der Waals surface area contributed by atoms with Crippen LogP contribution in [-0.4, -0.2) is 16.4 Å². The molecular weight excluding hydrogens is 226 g/mol. The van der Waals surface area contributed by atoms with Gasteiger partial charge in [0.05, 0.1) is 12.3 Å². The average Bonchev–Trinajstić information content (AvgIpc) is 2.63. The van der Waals surface area contributed by atoms with E-state index in [-0.39, 0.29) is 0 Å². The third kappa shape index (κ3) is 2.18. The molecule has 0 fully saturated rings. The molecule has 0 aliphatic heterocycles. The van der Waals surface area contributed by atoms with Crippen LogP contribution in [0.5, 0.6) is 5.75 Å². The highest BCUT2D eigenvalue weighted by Gasteiger charge is 2.11. The van der Waals surface area contributed by atoms with Gasteiger partial charge in [-0.3, -0.25) is 4.68 Å². The summed E-state index contributed by atoms with van der Waals surface area (Å²) in [6.45, 7) is 6.79. The third-order valence-corrected chi connectivity index (χ3v) is 3.00. The van der Waals surface area contributed by atoms with Crippen LogP contribution in [0.15, 0.2) is 18.2 Å². The Morgan fingerprint density at radius 2 is 1.94 bits per heavy atom. The van der Waals surface area contributed by atoms with Crippen LogP contribution in [0, 0.1) is 13.8 Å². The zero-order valence-electron chi connectivity index (χ0n) is 11.3. The van der Waals surface area contributed by atoms with E-state index in [2.05, 4.69) is 24.2 Å². The Labute approximate surface area is 107 Å². The van der Waals surface area contributed by atoms with Crippen molar-refractivity contribution in [1.29, 1.82) is 0 Å². The number of nitrogens with zero attached hydrogens (tertiary/aromatic N) is 2. The van der Waals surface area contributed by atoms with Crippen molar-refractivity contribution < 1.29 is 4.74 Å². The summed E-state index contributed by atoms with van der Waals surface area (Å²) in [7, 11) is 1.90. The lowest BCUT2D eigenvalue weighted by molar-refractivity contribution is 0.337. The molecule has 4 heteroatoms. The van der Waals surface area contributed by atoms with Gasteiger partial charge in [0.15, 0.2) is 0 Å². The monoisotopic (exact) mass is 245 g/mol. The minimum absolute atomic E-state index is 0.540. The molecule has 0 aliphatic rings. The van der Waals surface area contributed by atoms with Crippen molar-refractivity contribution in [2.75, 3.05) is 12.3 Å². The Morgan fingerprint density at radius 3 is 2.50 bits per heavy atom. The normalized spacial score (nSPS) is 10.7. The largest absolute Gasteiger partial charge is 0.494 e. The molecule has 0 saturated heterocycles. The number of ether oxygens (including phenoxy) is 1. The fourth-order valence-corrected chi connectivity index (χ4v) is 2.12. The lowest BCUT2D eigenvalue weighted by atomic mass is 10.0. The summed E-state index contributed by atoms with van der Waals surface area (Å²) in [4.78, 5) is 0. The maximum Gasteiger partial charge on any atom is 0.146 e. The number of nitrogens with two attached hydrogens (primary N) is 1. The molecule has 2 rings (SSSR count). The van der Waals surface area contributed by atoms with Crippen LogP contribution in [0.3, 0.4) is 0 Å². The molecule has 0 saturated carbocycles. The van der Waals surface area contributed by atoms with Crippen molar-refractivity contribution in [3.63, 3.8) is 0 Å². The maximum absolute atomic E-state index is 5.73. The Balaban J connectivity index is 2.52. The predicted molar refractivity (Wildman–Crippen MR) is 73.7 cm³/mol. The summed E-state index contributed by atoms with van der Waals surface area (Å²) in [5.74, 6) is 1.48. The smallest absolute Gasteiger partial charge is 0.146 e. The van der Waals surface area contributed by atoms with Crippen LogP contribution >= 0.6 is 0 Å². The van der Waals surface area contributed by atoms with Gasteiger partial charge in [-0.2, -0.15) is 5.10 Å². The van der Waals surface area contributed by atoms with Crippen molar-refractivity contribution in [1.82, 2.24) is 9.78 Å². The Bertz CT molecular complexity index is 573. The topological polar surface area (TPSA) is 53.1 Å². The number of anilines is 1. The summed E-state index contributed by atoms with van der Waals surface area (Å²) in [6.07, 6.45) is 0. The fourth-order valence-electron chi connectivity index (χ4n) is 2.12. The van der Waals surface area contributed by atoms with Gasteiger partial charge in [-0.1, -0.05) is 0 Å². The zero-order valence-corrected chi connectivity index (χ0v) is 11.3. The second-order valence-corrected chi connectivity index (χ2v) is 4.44. The first-order valence-corrected chi connectivity index (χ1v) is 6.07. The Hall–Kier alpha value is -1.97. The first-order chi connectivity index (χ1) is 8.52. The lowest BCUT2D eigenvalue weighted by Crippen LogP contribution is -1.99. The molecule has 1 aromatic heterocycles. The van der Waals surface area contributed by atoms with E-state index in [1.807, 2.05) is 27.0 Å². The highest BCUT2D eigenvalue weighted by molar-refractivity contribution is 5.68. The minimum atomic E-state index is 0.540. The van der Waals surface area contributed by atoms with E-state index in [1.54, 1.807) is 4.68 Å². The summed E-state index contributed by atoms with van der Waals surface area (Å²) < 4.78 is 7.40. The first-order valence-electron chi connectivity index (χ1n) is 6.07. The van der Waals surface area contributed by atoms with Crippen molar-refractivity contribution in [2.45, 2.75) is 20.8 Å². The standard InChI is InChI=1S/C14H19N3O/c1-5-18-13-7-9(2)11(6-10(13)3)12-8-14(15)16-17(12)4/h6-8H,5H2,1-4H3,(H2,15,16). The molecule has 18 heavy (non-hydrogen) atoms. The van der Waals surface area contributed by atoms with Gasteiger partial charge in [-0.15, -0.1) is 0 Å². The van der Waals surface area contributed by atoms with E-state index in [0.717, 1.165) is 28.1 Å². The molecule has 0 unspecified atom stereocenters. The van der Waals surface area contributed by atoms with Gasteiger partial charge in [-0.05, 0) is 44.0 Å². The Kier molecular flexibility index (Phi) is 3.28. The molecule has 0 bridgehead atoms. The molecule has 2 aromatic rings. The predicted octanol–water partition coefficient (Wildman–Crippen LogP) is 2.68. The number of hydrogen-bond acceptors (Lipinski definition) is 3. The van der Waals surface area contributed by atoms with Crippen LogP contribution in [-0.2, 0) is 7.05 Å². The molecule has 96 valence electrons. The van der Waals surface area contributed by atoms with Gasteiger partial charge < -0.3 is 10.5 Å². The van der Waals surface area contributed by atoms with Gasteiger partial charge in [0.25, 0.3) is 0 Å². The zero-order chi connectivity index (χ0) is 13.3. The molecular formula is C14H19N3O. The number of rotatable bonds is 3. The van der Waals surface area contributed by atoms with Crippen molar-refractivity contribution in [3.05, 3.63) is 29.3 Å². The van der Waals surface area contributed by atoms with Gasteiger partial charge >= 0.3 is 0 Å². The Morgan fingerprint density at radius 1 is 1.22 bits per heavy atom. The van der Waals surface area contributed by atoms with Gasteiger partial charge in [0.1, 0.15) is 11.6 Å². The maximum atomic E-state index is 5.73. The fraction of sp³-hybridized carbons (Fsp3) is 0.357. The van der Waals surface area contributed by atoms with Crippen LogP contribution in [0.25, 0.3) is 11.3 Å². The average molecular weight is 245 g/mol. The summed E-state index contributed by atoms with van der Waals surface area (Å²) in [5, 5.41) is 4.18. The molecule has 2 N–H and O–H groups in total. The van der Waals surface area contributed by atoms with Crippen molar-refractivity contribution in [3.8, 4) is 17.0 Å². The summed E-state index contributed by atoms with van der Waals surface area (Å²) in [5.41, 5.74) is 10.2. The third-order valence-electron chi connectivity index (χ3n) is 3.00. The van der Waals surface area contributed by atoms with E-state index < -0.39 is 0 Å². The van der Waals surface area contributed by atoms with E-state index >= 15 is 0 Å². The molecule has 1 aromatic carbocycles. The number of benzene rings is 1. The quantitative estimate of drug-likeness (QED) is 0.904. The number of aromatic nitrogens is 2. The molecule has 1 heterocycles. The molecule has 0 amide bonds. The summed E-state index contributed by atoms with van der Waals surface area (Å²) in [6, 6.07) is 6.08. The van der Waals surface area contributed by atoms with Crippen LogP contribution in [0.1, 0.15) is 18.1 Å². The second-order valence-electron chi connectivity index (χ2n) is 4.44. The van der Waals surface area contributed by atoms with E-state index in [9.17, 15) is 0 Å². The molecule has 0 aliphatic carbocycles. The van der Waals surface area contributed by atoms with Crippen molar-refractivity contribution in [2.24, 2.45) is 7.05 Å². The number of hydrogen-bond donors (Lipinski definition) is 1. The molecule has 4 nitrogen and oxygen atoms in total. The highest BCUT2D eigenvalue weighted by atomic mass is 16.5. The van der Waals surface area contributed by atoms with E-state index in [0.29, 0.717) is 12.4 Å². The molecule has 0 radical (unpaired) electrons. The van der Waals surface area contributed by atoms with Gasteiger partial charge in [0.2, 0.25) is 0 Å². The summed E-state index contributed by atoms with van der Waals surface area (Å²) >= 11 is 0. The van der Waals surface area contributed by atoms with Gasteiger partial charge in [-0.25, -0.2) is 0 Å². The van der Waals surface area contributed by atoms with Crippen LogP contribution in [0.2, 0.25) is 0 Å². The van der Waals surface area contributed by atoms with E-state index in [1.165, 1.54) is 0 Å². The van der Waals surface area contributed by atoms with Crippen LogP contribution in [0.4, 0.5) is 5.82 Å². The number of nitrogen functional groups attached to an aromatic ring is 1. The molecule has 0 spiro atoms. The van der Waals surface area contributed by atoms with Crippen molar-refractivity contribution >= 4 is 5.82 Å². The minimum Gasteiger partial charge on any atom is -0.494 e. The van der Waals surface area contributed by atoms with Crippen LogP contribution < -0.4 is 10.5 Å². The number of aryl methyl sites for hydroxylation is 3. The first kappa shape index (κ1) is 12.5. The van der Waals surface area contributed by atoms with Gasteiger partial charge in [0, 0.05) is 18.7 Å².